The highest BCUT2D eigenvalue weighted by atomic mass is 32.1. The number of hydrogen-bond acceptors (Lipinski definition) is 3. The van der Waals surface area contributed by atoms with Gasteiger partial charge in [0.05, 0.1) is 0 Å². The Morgan fingerprint density at radius 2 is 2.24 bits per heavy atom. The maximum atomic E-state index is 6.00. The average Bonchev–Trinajstić information content (AvgIpc) is 2.65. The van der Waals surface area contributed by atoms with Crippen LogP contribution < -0.4 is 5.73 Å². The third-order valence-corrected chi connectivity index (χ3v) is 4.94. The molecule has 96 valence electrons. The van der Waals surface area contributed by atoms with Gasteiger partial charge in [-0.1, -0.05) is 13.3 Å². The molecule has 3 heteroatoms. The van der Waals surface area contributed by atoms with E-state index in [1.807, 2.05) is 11.3 Å². The maximum Gasteiger partial charge on any atom is 0.0481 e. The first-order chi connectivity index (χ1) is 8.26. The van der Waals surface area contributed by atoms with Crippen LogP contribution in [0.1, 0.15) is 42.0 Å². The number of hydrogen-bond donors (Lipinski definition) is 1. The molecule has 1 aromatic heterocycles. The molecule has 0 amide bonds. The standard InChI is InChI=1S/C14H24N2S/c1-3-16-9-5-4-6-12(10-15)14(16)13-8-7-11(2)17-13/h7-8,12,14H,3-6,9-10,15H2,1-2H3. The molecule has 2 unspecified atom stereocenters. The van der Waals surface area contributed by atoms with E-state index < -0.39 is 0 Å². The minimum Gasteiger partial charge on any atom is -0.330 e. The molecule has 1 aliphatic heterocycles. The number of nitrogens with two attached hydrogens (primary N) is 1. The minimum absolute atomic E-state index is 0.561. The van der Waals surface area contributed by atoms with Gasteiger partial charge in [0.15, 0.2) is 0 Å². The molecule has 1 fully saturated rings. The molecule has 0 spiro atoms. The lowest BCUT2D eigenvalue weighted by Gasteiger charge is -2.33. The predicted molar refractivity (Wildman–Crippen MR) is 75.4 cm³/mol. The summed E-state index contributed by atoms with van der Waals surface area (Å²) in [5.74, 6) is 0.635. The van der Waals surface area contributed by atoms with Crippen LogP contribution in [0.3, 0.4) is 0 Å². The Hall–Kier alpha value is -0.380. The fraction of sp³-hybridized carbons (Fsp3) is 0.714. The van der Waals surface area contributed by atoms with Gasteiger partial charge in [0.1, 0.15) is 0 Å². The molecular formula is C14H24N2S. The van der Waals surface area contributed by atoms with Crippen molar-refractivity contribution in [1.29, 1.82) is 0 Å². The number of aryl methyl sites for hydroxylation is 1. The van der Waals surface area contributed by atoms with Gasteiger partial charge in [0.2, 0.25) is 0 Å². The van der Waals surface area contributed by atoms with Crippen molar-refractivity contribution in [1.82, 2.24) is 4.90 Å². The van der Waals surface area contributed by atoms with Crippen LogP contribution in [0.2, 0.25) is 0 Å². The Morgan fingerprint density at radius 3 is 2.82 bits per heavy atom. The van der Waals surface area contributed by atoms with Crippen LogP contribution in [0.15, 0.2) is 12.1 Å². The lowest BCUT2D eigenvalue weighted by atomic mass is 9.93. The van der Waals surface area contributed by atoms with Crippen molar-refractivity contribution in [2.24, 2.45) is 11.7 Å². The van der Waals surface area contributed by atoms with Crippen molar-refractivity contribution >= 4 is 11.3 Å². The molecule has 0 bridgehead atoms. The van der Waals surface area contributed by atoms with Crippen LogP contribution >= 0.6 is 11.3 Å². The maximum absolute atomic E-state index is 6.00. The molecule has 2 heterocycles. The second-order valence-electron chi connectivity index (χ2n) is 5.01. The van der Waals surface area contributed by atoms with Crippen LogP contribution in [-0.4, -0.2) is 24.5 Å². The first-order valence-electron chi connectivity index (χ1n) is 6.76. The Labute approximate surface area is 109 Å². The van der Waals surface area contributed by atoms with Crippen LogP contribution in [0.5, 0.6) is 0 Å². The number of rotatable bonds is 3. The minimum atomic E-state index is 0.561. The van der Waals surface area contributed by atoms with Gasteiger partial charge in [0, 0.05) is 15.8 Å². The van der Waals surface area contributed by atoms with E-state index >= 15 is 0 Å². The zero-order chi connectivity index (χ0) is 12.3. The van der Waals surface area contributed by atoms with Crippen LogP contribution in [-0.2, 0) is 0 Å². The van der Waals surface area contributed by atoms with E-state index in [1.165, 1.54) is 35.6 Å². The summed E-state index contributed by atoms with van der Waals surface area (Å²) in [5.41, 5.74) is 6.00. The van der Waals surface area contributed by atoms with Gasteiger partial charge in [0.25, 0.3) is 0 Å². The quantitative estimate of drug-likeness (QED) is 0.895. The van der Waals surface area contributed by atoms with E-state index in [9.17, 15) is 0 Å². The number of nitrogens with zero attached hydrogens (tertiary/aromatic N) is 1. The molecule has 2 atom stereocenters. The fourth-order valence-electron chi connectivity index (χ4n) is 2.94. The summed E-state index contributed by atoms with van der Waals surface area (Å²) < 4.78 is 0. The summed E-state index contributed by atoms with van der Waals surface area (Å²) in [5, 5.41) is 0. The van der Waals surface area contributed by atoms with E-state index in [0.29, 0.717) is 12.0 Å². The third-order valence-electron chi connectivity index (χ3n) is 3.87. The first kappa shape index (κ1) is 13.1. The number of thiophene rings is 1. The van der Waals surface area contributed by atoms with E-state index in [2.05, 4.69) is 30.9 Å². The molecule has 2 rings (SSSR count). The van der Waals surface area contributed by atoms with Gasteiger partial charge >= 0.3 is 0 Å². The van der Waals surface area contributed by atoms with Crippen LogP contribution in [0.25, 0.3) is 0 Å². The smallest absolute Gasteiger partial charge is 0.0481 e. The fourth-order valence-corrected chi connectivity index (χ4v) is 4.05. The molecular weight excluding hydrogens is 228 g/mol. The van der Waals surface area contributed by atoms with Crippen molar-refractivity contribution in [2.45, 2.75) is 39.2 Å². The van der Waals surface area contributed by atoms with Gasteiger partial charge in [-0.15, -0.1) is 11.3 Å². The Morgan fingerprint density at radius 1 is 1.41 bits per heavy atom. The van der Waals surface area contributed by atoms with Crippen molar-refractivity contribution in [3.05, 3.63) is 21.9 Å². The summed E-state index contributed by atoms with van der Waals surface area (Å²) in [4.78, 5) is 5.55. The molecule has 2 nitrogen and oxygen atoms in total. The first-order valence-corrected chi connectivity index (χ1v) is 7.58. The zero-order valence-electron chi connectivity index (χ0n) is 11.0. The molecule has 1 saturated heterocycles. The van der Waals surface area contributed by atoms with Crippen molar-refractivity contribution in [2.75, 3.05) is 19.6 Å². The summed E-state index contributed by atoms with van der Waals surface area (Å²) in [6.45, 7) is 7.65. The summed E-state index contributed by atoms with van der Waals surface area (Å²) in [7, 11) is 0. The highest BCUT2D eigenvalue weighted by molar-refractivity contribution is 7.12. The second kappa shape index (κ2) is 5.98. The SMILES string of the molecule is CCN1CCCCC(CN)C1c1ccc(C)s1. The molecule has 0 aliphatic carbocycles. The van der Waals surface area contributed by atoms with Gasteiger partial charge in [-0.05, 0) is 57.5 Å². The molecule has 1 aromatic rings. The van der Waals surface area contributed by atoms with E-state index in [0.717, 1.165) is 13.1 Å². The largest absolute Gasteiger partial charge is 0.330 e. The summed E-state index contributed by atoms with van der Waals surface area (Å²) >= 11 is 1.94. The lowest BCUT2D eigenvalue weighted by molar-refractivity contribution is 0.170. The van der Waals surface area contributed by atoms with Gasteiger partial charge < -0.3 is 5.73 Å². The van der Waals surface area contributed by atoms with Gasteiger partial charge in [-0.25, -0.2) is 0 Å². The van der Waals surface area contributed by atoms with Gasteiger partial charge in [-0.3, -0.25) is 4.90 Å². The zero-order valence-corrected chi connectivity index (χ0v) is 11.8. The van der Waals surface area contributed by atoms with Gasteiger partial charge in [-0.2, -0.15) is 0 Å². The monoisotopic (exact) mass is 252 g/mol. The van der Waals surface area contributed by atoms with E-state index in [4.69, 9.17) is 5.73 Å². The number of likely N-dealkylation sites (tertiary alicyclic amines) is 1. The van der Waals surface area contributed by atoms with Crippen molar-refractivity contribution in [3.63, 3.8) is 0 Å². The van der Waals surface area contributed by atoms with Crippen molar-refractivity contribution in [3.8, 4) is 0 Å². The Bertz CT molecular complexity index is 334. The second-order valence-corrected chi connectivity index (χ2v) is 6.33. The topological polar surface area (TPSA) is 29.3 Å². The van der Waals surface area contributed by atoms with Crippen LogP contribution in [0, 0.1) is 12.8 Å². The Kier molecular flexibility index (Phi) is 4.60. The summed E-state index contributed by atoms with van der Waals surface area (Å²) in [6, 6.07) is 5.11. The Balaban J connectivity index is 2.27. The normalized spacial score (nSPS) is 27.0. The average molecular weight is 252 g/mol. The highest BCUT2D eigenvalue weighted by Gasteiger charge is 2.30. The molecule has 1 aliphatic rings. The summed E-state index contributed by atoms with van der Waals surface area (Å²) in [6.07, 6.45) is 3.94. The van der Waals surface area contributed by atoms with E-state index in [1.54, 1.807) is 0 Å². The third kappa shape index (κ3) is 2.90. The molecule has 0 aromatic carbocycles. The lowest BCUT2D eigenvalue weighted by Crippen LogP contribution is -2.35. The van der Waals surface area contributed by atoms with Crippen molar-refractivity contribution < 1.29 is 0 Å². The molecule has 0 saturated carbocycles. The molecule has 17 heavy (non-hydrogen) atoms. The molecule has 2 N–H and O–H groups in total. The highest BCUT2D eigenvalue weighted by Crippen LogP contribution is 2.37. The molecule has 0 radical (unpaired) electrons. The van der Waals surface area contributed by atoms with Crippen LogP contribution in [0.4, 0.5) is 0 Å². The predicted octanol–water partition coefficient (Wildman–Crippen LogP) is 3.18. The van der Waals surface area contributed by atoms with E-state index in [-0.39, 0.29) is 0 Å².